The molecule has 0 bridgehead atoms. The maximum atomic E-state index is 11.4. The van der Waals surface area contributed by atoms with Crippen LogP contribution in [0.15, 0.2) is 17.6 Å². The van der Waals surface area contributed by atoms with Crippen molar-refractivity contribution in [2.75, 3.05) is 38.7 Å². The van der Waals surface area contributed by atoms with E-state index in [1.54, 1.807) is 0 Å². The first-order valence-electron chi connectivity index (χ1n) is 8.89. The summed E-state index contributed by atoms with van der Waals surface area (Å²) in [6.07, 6.45) is 8.46. The van der Waals surface area contributed by atoms with Crippen molar-refractivity contribution in [3.8, 4) is 0 Å². The third-order valence-corrected chi connectivity index (χ3v) is 4.85. The summed E-state index contributed by atoms with van der Waals surface area (Å²) in [7, 11) is -0.870. The minimum atomic E-state index is -2.92. The second-order valence-electron chi connectivity index (χ2n) is 7.27. The van der Waals surface area contributed by atoms with Gasteiger partial charge < -0.3 is 10.2 Å². The molecule has 5 nitrogen and oxygen atoms in total. The Balaban J connectivity index is 0. The Morgan fingerprint density at radius 3 is 2.44 bits per heavy atom. The third kappa shape index (κ3) is 15.6. The van der Waals surface area contributed by atoms with E-state index in [2.05, 4.69) is 44.6 Å². The lowest BCUT2D eigenvalue weighted by atomic mass is 9.90. The lowest BCUT2D eigenvalue weighted by molar-refractivity contribution is 0.361. The van der Waals surface area contributed by atoms with E-state index < -0.39 is 9.84 Å². The summed E-state index contributed by atoms with van der Waals surface area (Å²) in [6, 6.07) is 0. The molecule has 0 aromatic carbocycles. The lowest BCUT2D eigenvalue weighted by Crippen LogP contribution is -2.40. The van der Waals surface area contributed by atoms with Crippen molar-refractivity contribution in [2.45, 2.75) is 52.9 Å². The van der Waals surface area contributed by atoms with Crippen molar-refractivity contribution in [1.82, 2.24) is 10.2 Å². The number of rotatable bonds is 12. The Bertz CT molecular complexity index is 491. The zero-order valence-electron chi connectivity index (χ0n) is 16.7. The first-order chi connectivity index (χ1) is 11.1. The fourth-order valence-electron chi connectivity index (χ4n) is 2.22. The van der Waals surface area contributed by atoms with Gasteiger partial charge in [0.2, 0.25) is 0 Å². The number of unbranched alkanes of at least 4 members (excludes halogenated alkanes) is 3. The summed E-state index contributed by atoms with van der Waals surface area (Å²) >= 11 is 0. The molecule has 7 heteroatoms. The summed E-state index contributed by atoms with van der Waals surface area (Å²) in [5.74, 6) is 1.11. The van der Waals surface area contributed by atoms with Crippen LogP contribution >= 0.6 is 24.0 Å². The highest BCUT2D eigenvalue weighted by Crippen LogP contribution is 2.21. The topological polar surface area (TPSA) is 61.8 Å². The highest BCUT2D eigenvalue weighted by atomic mass is 127. The monoisotopic (exact) mass is 487 g/mol. The van der Waals surface area contributed by atoms with E-state index in [1.165, 1.54) is 19.1 Å². The van der Waals surface area contributed by atoms with E-state index in [0.717, 1.165) is 31.9 Å². The Labute approximate surface area is 172 Å². The zero-order chi connectivity index (χ0) is 18.6. The van der Waals surface area contributed by atoms with Crippen LogP contribution in [0.25, 0.3) is 0 Å². The molecule has 150 valence electrons. The van der Waals surface area contributed by atoms with Crippen LogP contribution in [0.3, 0.4) is 0 Å². The molecule has 0 amide bonds. The van der Waals surface area contributed by atoms with Crippen molar-refractivity contribution in [1.29, 1.82) is 0 Å². The van der Waals surface area contributed by atoms with Crippen molar-refractivity contribution < 1.29 is 8.42 Å². The van der Waals surface area contributed by atoms with E-state index >= 15 is 0 Å². The second-order valence-corrected chi connectivity index (χ2v) is 9.53. The van der Waals surface area contributed by atoms with Crippen LogP contribution in [0.4, 0.5) is 0 Å². The van der Waals surface area contributed by atoms with E-state index in [-0.39, 0.29) is 35.1 Å². The molecule has 0 aromatic heterocycles. The molecule has 0 aliphatic carbocycles. The molecule has 0 saturated heterocycles. The molecule has 0 fully saturated rings. The number of halogens is 1. The summed E-state index contributed by atoms with van der Waals surface area (Å²) in [5.41, 5.74) is -0.130. The number of hydrogen-bond donors (Lipinski definition) is 1. The summed E-state index contributed by atoms with van der Waals surface area (Å²) < 4.78 is 22.7. The highest BCUT2D eigenvalue weighted by molar-refractivity contribution is 14.0. The average Bonchev–Trinajstić information content (AvgIpc) is 2.48. The predicted octanol–water partition coefficient (Wildman–Crippen LogP) is 3.71. The van der Waals surface area contributed by atoms with E-state index in [1.807, 2.05) is 6.08 Å². The quantitative estimate of drug-likeness (QED) is 0.150. The highest BCUT2D eigenvalue weighted by Gasteiger charge is 2.20. The van der Waals surface area contributed by atoms with Crippen LogP contribution in [-0.4, -0.2) is 58.0 Å². The molecule has 0 spiro atoms. The normalized spacial score (nSPS) is 12.4. The Morgan fingerprint density at radius 1 is 1.28 bits per heavy atom. The summed E-state index contributed by atoms with van der Waals surface area (Å²) in [6.45, 7) is 12.3. The van der Waals surface area contributed by atoms with E-state index in [9.17, 15) is 8.42 Å². The SMILES string of the molecule is C=CCCCCCN(C)C(=NCC(C)(C)CCS(C)(=O)=O)NCC.I. The van der Waals surface area contributed by atoms with Gasteiger partial charge in [0.15, 0.2) is 5.96 Å². The smallest absolute Gasteiger partial charge is 0.193 e. The van der Waals surface area contributed by atoms with Gasteiger partial charge in [0.25, 0.3) is 0 Å². The average molecular weight is 487 g/mol. The molecule has 0 radical (unpaired) electrons. The molecule has 0 unspecified atom stereocenters. The van der Waals surface area contributed by atoms with E-state index in [0.29, 0.717) is 13.0 Å². The van der Waals surface area contributed by atoms with Gasteiger partial charge in [-0.15, -0.1) is 30.6 Å². The van der Waals surface area contributed by atoms with Gasteiger partial charge in [-0.3, -0.25) is 4.99 Å². The Hall–Kier alpha value is -0.310. The largest absolute Gasteiger partial charge is 0.357 e. The van der Waals surface area contributed by atoms with Gasteiger partial charge in [0.05, 0.1) is 5.75 Å². The first kappa shape index (κ1) is 26.9. The Morgan fingerprint density at radius 2 is 1.92 bits per heavy atom. The first-order valence-corrected chi connectivity index (χ1v) is 11.0. The molecule has 1 N–H and O–H groups in total. The van der Waals surface area contributed by atoms with Gasteiger partial charge in [0.1, 0.15) is 9.84 Å². The van der Waals surface area contributed by atoms with Gasteiger partial charge in [0, 0.05) is 32.9 Å². The standard InChI is InChI=1S/C18H37N3O2S.HI/c1-7-9-10-11-12-14-21(5)17(19-8-2)20-16-18(3,4)13-15-24(6,22)23;/h7H,1,8-16H2,2-6H3,(H,19,20);1H. The van der Waals surface area contributed by atoms with Crippen LogP contribution in [0.1, 0.15) is 52.9 Å². The van der Waals surface area contributed by atoms with Gasteiger partial charge in [-0.2, -0.15) is 0 Å². The minimum Gasteiger partial charge on any atom is -0.357 e. The summed E-state index contributed by atoms with van der Waals surface area (Å²) in [5, 5.41) is 3.32. The molecular formula is C18H38IN3O2S. The molecular weight excluding hydrogens is 449 g/mol. The molecule has 0 rings (SSSR count). The minimum absolute atomic E-state index is 0. The molecule has 0 aliphatic heterocycles. The van der Waals surface area contributed by atoms with Crippen molar-refractivity contribution >= 4 is 39.8 Å². The van der Waals surface area contributed by atoms with Crippen molar-refractivity contribution in [2.24, 2.45) is 10.4 Å². The number of allylic oxidation sites excluding steroid dienone is 1. The zero-order valence-corrected chi connectivity index (χ0v) is 19.8. The maximum Gasteiger partial charge on any atom is 0.193 e. The molecule has 25 heavy (non-hydrogen) atoms. The maximum absolute atomic E-state index is 11.4. The second kappa shape index (κ2) is 13.8. The number of nitrogens with zero attached hydrogens (tertiary/aromatic N) is 2. The van der Waals surface area contributed by atoms with Gasteiger partial charge >= 0.3 is 0 Å². The summed E-state index contributed by atoms with van der Waals surface area (Å²) in [4.78, 5) is 6.88. The fourth-order valence-corrected chi connectivity index (χ4v) is 3.14. The van der Waals surface area contributed by atoms with Crippen molar-refractivity contribution in [3.05, 3.63) is 12.7 Å². The van der Waals surface area contributed by atoms with Gasteiger partial charge in [-0.05, 0) is 38.0 Å². The molecule has 0 saturated carbocycles. The molecule has 0 aromatic rings. The number of nitrogens with one attached hydrogen (secondary N) is 1. The van der Waals surface area contributed by atoms with E-state index in [4.69, 9.17) is 4.99 Å². The lowest BCUT2D eigenvalue weighted by Gasteiger charge is -2.26. The molecule has 0 atom stereocenters. The predicted molar refractivity (Wildman–Crippen MR) is 121 cm³/mol. The van der Waals surface area contributed by atoms with Gasteiger partial charge in [-0.25, -0.2) is 8.42 Å². The van der Waals surface area contributed by atoms with Crippen molar-refractivity contribution in [3.63, 3.8) is 0 Å². The Kier molecular flexibility index (Phi) is 14.9. The van der Waals surface area contributed by atoms with Gasteiger partial charge in [-0.1, -0.05) is 26.3 Å². The fraction of sp³-hybridized carbons (Fsp3) is 0.833. The van der Waals surface area contributed by atoms with Crippen LogP contribution in [0, 0.1) is 5.41 Å². The number of aliphatic imine (C=N–C) groups is 1. The van der Waals surface area contributed by atoms with Crippen LogP contribution in [0.5, 0.6) is 0 Å². The number of guanidine groups is 1. The van der Waals surface area contributed by atoms with Crippen LogP contribution in [0.2, 0.25) is 0 Å². The third-order valence-electron chi connectivity index (χ3n) is 3.90. The van der Waals surface area contributed by atoms with Crippen LogP contribution < -0.4 is 5.32 Å². The molecule has 0 heterocycles. The number of sulfone groups is 1. The van der Waals surface area contributed by atoms with Crippen LogP contribution in [-0.2, 0) is 9.84 Å². The molecule has 0 aliphatic rings. The number of hydrogen-bond acceptors (Lipinski definition) is 3.